The molecule has 29 heavy (non-hydrogen) atoms. The van der Waals surface area contributed by atoms with Crippen LogP contribution in [0.2, 0.25) is 0 Å². The van der Waals surface area contributed by atoms with E-state index in [2.05, 4.69) is 41.8 Å². The summed E-state index contributed by atoms with van der Waals surface area (Å²) in [5.41, 5.74) is 10.6. The normalized spacial score (nSPS) is 20.5. The Morgan fingerprint density at radius 1 is 0.897 bits per heavy atom. The van der Waals surface area contributed by atoms with Crippen molar-refractivity contribution in [3.05, 3.63) is 48.0 Å². The number of aryl methyl sites for hydroxylation is 1. The van der Waals surface area contributed by atoms with Crippen LogP contribution >= 0.6 is 0 Å². The van der Waals surface area contributed by atoms with E-state index in [1.165, 1.54) is 5.56 Å². The predicted molar refractivity (Wildman–Crippen MR) is 115 cm³/mol. The zero-order valence-corrected chi connectivity index (χ0v) is 16.8. The number of anilines is 2. The van der Waals surface area contributed by atoms with Crippen LogP contribution in [0.3, 0.4) is 0 Å². The summed E-state index contributed by atoms with van der Waals surface area (Å²) in [4.78, 5) is 28.3. The lowest BCUT2D eigenvalue weighted by atomic mass is 10.0. The number of hydrogen-bond donors (Lipinski definition) is 3. The van der Waals surface area contributed by atoms with Gasteiger partial charge in [-0.1, -0.05) is 35.9 Å². The first kappa shape index (κ1) is 19.1. The third kappa shape index (κ3) is 3.85. The van der Waals surface area contributed by atoms with Crippen LogP contribution in [0.25, 0.3) is 11.1 Å². The van der Waals surface area contributed by atoms with Gasteiger partial charge in [-0.2, -0.15) is 0 Å². The van der Waals surface area contributed by atoms with Crippen LogP contribution in [0.5, 0.6) is 0 Å². The number of urea groups is 2. The molecule has 4 amide bonds. The van der Waals surface area contributed by atoms with E-state index in [-0.39, 0.29) is 12.1 Å². The fourth-order valence-corrected chi connectivity index (χ4v) is 4.27. The second-order valence-corrected chi connectivity index (χ2v) is 7.98. The Bertz CT molecular complexity index is 913. The van der Waals surface area contributed by atoms with Gasteiger partial charge in [-0.3, -0.25) is 0 Å². The Kier molecular flexibility index (Phi) is 5.05. The van der Waals surface area contributed by atoms with Crippen molar-refractivity contribution in [1.29, 1.82) is 0 Å². The van der Waals surface area contributed by atoms with Gasteiger partial charge < -0.3 is 26.2 Å². The maximum atomic E-state index is 12.8. The third-order valence-electron chi connectivity index (χ3n) is 5.95. The minimum atomic E-state index is -0.140. The van der Waals surface area contributed by atoms with Crippen molar-refractivity contribution in [3.63, 3.8) is 0 Å². The molecule has 152 valence electrons. The second-order valence-electron chi connectivity index (χ2n) is 7.98. The Morgan fingerprint density at radius 2 is 1.45 bits per heavy atom. The van der Waals surface area contributed by atoms with Crippen molar-refractivity contribution in [2.24, 2.45) is 11.8 Å². The molecule has 2 heterocycles. The topological polar surface area (TPSA) is 90.7 Å². The summed E-state index contributed by atoms with van der Waals surface area (Å²) in [5, 5.41) is 5.65. The van der Waals surface area contributed by atoms with E-state index in [0.717, 1.165) is 11.1 Å². The molecule has 2 atom stereocenters. The van der Waals surface area contributed by atoms with E-state index in [0.29, 0.717) is 49.4 Å². The van der Waals surface area contributed by atoms with Crippen LogP contribution in [0.15, 0.2) is 42.5 Å². The molecule has 4 N–H and O–H groups in total. The first-order valence-electron chi connectivity index (χ1n) is 9.93. The first-order valence-corrected chi connectivity index (χ1v) is 9.93. The summed E-state index contributed by atoms with van der Waals surface area (Å²) < 4.78 is 0. The van der Waals surface area contributed by atoms with Crippen LogP contribution in [0.1, 0.15) is 5.56 Å². The van der Waals surface area contributed by atoms with Gasteiger partial charge in [0.1, 0.15) is 0 Å². The van der Waals surface area contributed by atoms with Crippen molar-refractivity contribution in [3.8, 4) is 11.1 Å². The highest BCUT2D eigenvalue weighted by atomic mass is 16.2. The van der Waals surface area contributed by atoms with Crippen molar-refractivity contribution in [2.45, 2.75) is 6.92 Å². The Hall–Kier alpha value is -3.22. The zero-order valence-electron chi connectivity index (χ0n) is 16.8. The van der Waals surface area contributed by atoms with Gasteiger partial charge in [0, 0.05) is 45.1 Å². The largest absolute Gasteiger partial charge is 0.397 e. The van der Waals surface area contributed by atoms with Crippen LogP contribution in [-0.4, -0.2) is 55.1 Å². The quantitative estimate of drug-likeness (QED) is 0.685. The fraction of sp³-hybridized carbons (Fsp3) is 0.364. The van der Waals surface area contributed by atoms with E-state index in [4.69, 9.17) is 5.73 Å². The minimum absolute atomic E-state index is 0.0453. The lowest BCUT2D eigenvalue weighted by Crippen LogP contribution is -2.40. The first-order chi connectivity index (χ1) is 13.9. The van der Waals surface area contributed by atoms with Gasteiger partial charge >= 0.3 is 12.1 Å². The van der Waals surface area contributed by atoms with Gasteiger partial charge in [-0.05, 0) is 30.2 Å². The molecular weight excluding hydrogens is 366 g/mol. The number of nitrogens with two attached hydrogens (primary N) is 1. The molecule has 0 bridgehead atoms. The monoisotopic (exact) mass is 393 g/mol. The number of carbonyl (C=O) groups is 2. The van der Waals surface area contributed by atoms with Gasteiger partial charge in [0.2, 0.25) is 0 Å². The molecule has 2 fully saturated rings. The zero-order chi connectivity index (χ0) is 20.5. The van der Waals surface area contributed by atoms with E-state index in [1.807, 2.05) is 28.0 Å². The third-order valence-corrected chi connectivity index (χ3v) is 5.95. The number of likely N-dealkylation sites (tertiary alicyclic amines) is 2. The molecule has 0 aliphatic carbocycles. The number of nitrogen functional groups attached to an aromatic ring is 1. The predicted octanol–water partition coefficient (Wildman–Crippen LogP) is 2.98. The number of hydrogen-bond acceptors (Lipinski definition) is 3. The Morgan fingerprint density at radius 3 is 2.03 bits per heavy atom. The molecule has 0 saturated carbocycles. The average molecular weight is 393 g/mol. The molecule has 2 aromatic carbocycles. The van der Waals surface area contributed by atoms with Gasteiger partial charge in [-0.15, -0.1) is 0 Å². The number of carbonyl (C=O) groups excluding carboxylic acids is 2. The molecule has 4 rings (SSSR count). The number of amides is 4. The maximum absolute atomic E-state index is 12.8. The Balaban J connectivity index is 1.42. The summed E-state index contributed by atoms with van der Waals surface area (Å²) in [6.07, 6.45) is 0. The van der Waals surface area contributed by atoms with Gasteiger partial charge in [0.25, 0.3) is 0 Å². The SMILES string of the molecule is CNC(=O)N1CC2CN(C(=O)Nc3cc(-c4ccc(C)cc4)ccc3N)CC2C1. The molecule has 2 saturated heterocycles. The number of benzene rings is 2. The molecule has 7 nitrogen and oxygen atoms in total. The number of nitrogens with one attached hydrogen (secondary N) is 2. The van der Waals surface area contributed by atoms with E-state index >= 15 is 0 Å². The van der Waals surface area contributed by atoms with Crippen molar-refractivity contribution < 1.29 is 9.59 Å². The lowest BCUT2D eigenvalue weighted by molar-refractivity contribution is 0.199. The average Bonchev–Trinajstić information content (AvgIpc) is 3.29. The molecule has 2 aliphatic heterocycles. The molecule has 2 aromatic rings. The van der Waals surface area contributed by atoms with Gasteiger partial charge in [0.05, 0.1) is 11.4 Å². The van der Waals surface area contributed by atoms with Crippen LogP contribution in [0.4, 0.5) is 21.0 Å². The van der Waals surface area contributed by atoms with E-state index in [9.17, 15) is 9.59 Å². The number of fused-ring (bicyclic) bond motifs is 1. The van der Waals surface area contributed by atoms with Gasteiger partial charge in [0.15, 0.2) is 0 Å². The maximum Gasteiger partial charge on any atom is 0.321 e. The standard InChI is InChI=1S/C22H27N5O2/c1-14-3-5-15(6-4-14)16-7-8-19(23)20(9-16)25-22(29)27-12-17-10-26(21(28)24-2)11-18(17)13-27/h3-9,17-18H,10-13,23H2,1-2H3,(H,24,28)(H,25,29). The summed E-state index contributed by atoms with van der Waals surface area (Å²) in [5.74, 6) is 0.656. The molecule has 2 unspecified atom stereocenters. The summed E-state index contributed by atoms with van der Waals surface area (Å²) in [6.45, 7) is 4.75. The highest BCUT2D eigenvalue weighted by Crippen LogP contribution is 2.32. The second kappa shape index (κ2) is 7.66. The minimum Gasteiger partial charge on any atom is -0.397 e. The van der Waals surface area contributed by atoms with E-state index in [1.54, 1.807) is 7.05 Å². The molecule has 0 spiro atoms. The summed E-state index contributed by atoms with van der Waals surface area (Å²) in [7, 11) is 1.64. The smallest absolute Gasteiger partial charge is 0.321 e. The number of rotatable bonds is 2. The molecule has 0 radical (unpaired) electrons. The van der Waals surface area contributed by atoms with Crippen LogP contribution < -0.4 is 16.4 Å². The molecule has 7 heteroatoms. The molecular formula is C22H27N5O2. The highest BCUT2D eigenvalue weighted by molar-refractivity contribution is 5.94. The van der Waals surface area contributed by atoms with Gasteiger partial charge in [-0.25, -0.2) is 9.59 Å². The van der Waals surface area contributed by atoms with E-state index < -0.39 is 0 Å². The fourth-order valence-electron chi connectivity index (χ4n) is 4.27. The van der Waals surface area contributed by atoms with Crippen LogP contribution in [0, 0.1) is 18.8 Å². The Labute approximate surface area is 170 Å². The highest BCUT2D eigenvalue weighted by Gasteiger charge is 2.42. The van der Waals surface area contributed by atoms with Crippen molar-refractivity contribution in [2.75, 3.05) is 44.3 Å². The molecule has 2 aliphatic rings. The van der Waals surface area contributed by atoms with Crippen LogP contribution in [-0.2, 0) is 0 Å². The lowest BCUT2D eigenvalue weighted by Gasteiger charge is -2.22. The van der Waals surface area contributed by atoms with Crippen molar-refractivity contribution in [1.82, 2.24) is 15.1 Å². The van der Waals surface area contributed by atoms with Crippen molar-refractivity contribution >= 4 is 23.4 Å². The summed E-state index contributed by atoms with van der Waals surface area (Å²) >= 11 is 0. The number of nitrogens with zero attached hydrogens (tertiary/aromatic N) is 2. The molecule has 0 aromatic heterocycles. The summed E-state index contributed by atoms with van der Waals surface area (Å²) in [6, 6.07) is 13.8.